The fourth-order valence-corrected chi connectivity index (χ4v) is 3.26. The summed E-state index contributed by atoms with van der Waals surface area (Å²) in [4.78, 5) is 23.0. The first-order chi connectivity index (χ1) is 16.3. The number of nitriles is 1. The summed E-state index contributed by atoms with van der Waals surface area (Å²) in [5.41, 5.74) is 2.01. The molecule has 0 aliphatic rings. The number of rotatable bonds is 8. The summed E-state index contributed by atoms with van der Waals surface area (Å²) in [5, 5.41) is 23.6. The van der Waals surface area contributed by atoms with Crippen LogP contribution in [0.15, 0.2) is 66.2 Å². The number of amides is 1. The van der Waals surface area contributed by atoms with Crippen molar-refractivity contribution < 1.29 is 19.2 Å². The second-order valence-electron chi connectivity index (χ2n) is 7.17. The SMILES string of the molecule is COc1cc(/C=C(\C#N)C(=O)Nc2ccc([N+](=O)[O-])cc2C)ccc1OCc1ccccc1Cl. The summed E-state index contributed by atoms with van der Waals surface area (Å²) < 4.78 is 11.2. The number of methoxy groups -OCH3 is 1. The highest BCUT2D eigenvalue weighted by molar-refractivity contribution is 6.31. The van der Waals surface area contributed by atoms with Crippen LogP contribution in [0, 0.1) is 28.4 Å². The minimum Gasteiger partial charge on any atom is -0.493 e. The number of anilines is 1. The molecular formula is C25H20ClN3O5. The van der Waals surface area contributed by atoms with Crippen molar-refractivity contribution in [1.29, 1.82) is 5.26 Å². The number of hydrogen-bond donors (Lipinski definition) is 1. The summed E-state index contributed by atoms with van der Waals surface area (Å²) >= 11 is 6.16. The van der Waals surface area contributed by atoms with Gasteiger partial charge in [0.15, 0.2) is 11.5 Å². The second-order valence-corrected chi connectivity index (χ2v) is 7.58. The predicted octanol–water partition coefficient (Wildman–Crippen LogP) is 5.69. The molecular weight excluding hydrogens is 458 g/mol. The molecule has 172 valence electrons. The molecule has 0 aliphatic carbocycles. The van der Waals surface area contributed by atoms with Crippen LogP contribution in [-0.4, -0.2) is 17.9 Å². The third-order valence-electron chi connectivity index (χ3n) is 4.87. The number of hydrogen-bond acceptors (Lipinski definition) is 6. The first-order valence-electron chi connectivity index (χ1n) is 10.0. The van der Waals surface area contributed by atoms with Gasteiger partial charge in [-0.2, -0.15) is 5.26 Å². The Morgan fingerprint density at radius 3 is 2.59 bits per heavy atom. The molecule has 3 rings (SSSR count). The lowest BCUT2D eigenvalue weighted by atomic mass is 10.1. The smallest absolute Gasteiger partial charge is 0.269 e. The molecule has 0 heterocycles. The summed E-state index contributed by atoms with van der Waals surface area (Å²) in [7, 11) is 1.49. The summed E-state index contributed by atoms with van der Waals surface area (Å²) in [6, 6.07) is 18.3. The van der Waals surface area contributed by atoms with Crippen LogP contribution < -0.4 is 14.8 Å². The van der Waals surface area contributed by atoms with Crippen molar-refractivity contribution in [2.24, 2.45) is 0 Å². The van der Waals surface area contributed by atoms with Gasteiger partial charge in [-0.3, -0.25) is 14.9 Å². The number of ether oxygens (including phenoxy) is 2. The Bertz CT molecular complexity index is 1310. The fourth-order valence-electron chi connectivity index (χ4n) is 3.07. The van der Waals surface area contributed by atoms with Gasteiger partial charge < -0.3 is 14.8 Å². The minimum atomic E-state index is -0.641. The van der Waals surface area contributed by atoms with Crippen LogP contribution in [0.5, 0.6) is 11.5 Å². The van der Waals surface area contributed by atoms with Crippen molar-refractivity contribution in [2.45, 2.75) is 13.5 Å². The molecule has 0 fully saturated rings. The van der Waals surface area contributed by atoms with Crippen LogP contribution in [0.3, 0.4) is 0 Å². The van der Waals surface area contributed by atoms with E-state index in [1.165, 1.54) is 31.4 Å². The first-order valence-corrected chi connectivity index (χ1v) is 10.4. The van der Waals surface area contributed by atoms with Gasteiger partial charge in [-0.05, 0) is 48.4 Å². The van der Waals surface area contributed by atoms with Gasteiger partial charge in [0, 0.05) is 28.4 Å². The van der Waals surface area contributed by atoms with Crippen molar-refractivity contribution in [3.63, 3.8) is 0 Å². The van der Waals surface area contributed by atoms with Crippen LogP contribution in [0.4, 0.5) is 11.4 Å². The van der Waals surface area contributed by atoms with Gasteiger partial charge in [0.05, 0.1) is 12.0 Å². The zero-order chi connectivity index (χ0) is 24.7. The molecule has 8 nitrogen and oxygen atoms in total. The highest BCUT2D eigenvalue weighted by Gasteiger charge is 2.14. The van der Waals surface area contributed by atoms with Gasteiger partial charge in [-0.15, -0.1) is 0 Å². The number of benzene rings is 3. The van der Waals surface area contributed by atoms with Crippen molar-refractivity contribution >= 4 is 35.0 Å². The molecule has 0 spiro atoms. The van der Waals surface area contributed by atoms with Crippen molar-refractivity contribution in [2.75, 3.05) is 12.4 Å². The summed E-state index contributed by atoms with van der Waals surface area (Å²) in [6.45, 7) is 1.87. The monoisotopic (exact) mass is 477 g/mol. The number of halogens is 1. The molecule has 9 heteroatoms. The van der Waals surface area contributed by atoms with Gasteiger partial charge in [-0.25, -0.2) is 0 Å². The van der Waals surface area contributed by atoms with Crippen molar-refractivity contribution in [3.05, 3.63) is 98.1 Å². The lowest BCUT2D eigenvalue weighted by Gasteiger charge is -2.12. The van der Waals surface area contributed by atoms with Gasteiger partial charge in [0.25, 0.3) is 11.6 Å². The molecule has 0 radical (unpaired) electrons. The van der Waals surface area contributed by atoms with Crippen LogP contribution in [0.2, 0.25) is 5.02 Å². The number of aryl methyl sites for hydroxylation is 1. The van der Waals surface area contributed by atoms with Crippen molar-refractivity contribution in [3.8, 4) is 17.6 Å². The molecule has 1 amide bonds. The molecule has 0 saturated carbocycles. The van der Waals surface area contributed by atoms with Crippen LogP contribution in [0.25, 0.3) is 6.08 Å². The van der Waals surface area contributed by atoms with Gasteiger partial charge in [0.2, 0.25) is 0 Å². The zero-order valence-electron chi connectivity index (χ0n) is 18.4. The molecule has 0 aromatic heterocycles. The average Bonchev–Trinajstić information content (AvgIpc) is 2.83. The Hall–Kier alpha value is -4.35. The average molecular weight is 478 g/mol. The molecule has 0 bridgehead atoms. The van der Waals surface area contributed by atoms with E-state index < -0.39 is 10.8 Å². The van der Waals surface area contributed by atoms with Gasteiger partial charge in [-0.1, -0.05) is 35.9 Å². The van der Waals surface area contributed by atoms with E-state index in [1.807, 2.05) is 24.3 Å². The zero-order valence-corrected chi connectivity index (χ0v) is 19.1. The summed E-state index contributed by atoms with van der Waals surface area (Å²) in [6.07, 6.45) is 1.41. The largest absolute Gasteiger partial charge is 0.493 e. The number of carbonyl (C=O) groups excluding carboxylic acids is 1. The number of nitrogens with zero attached hydrogens (tertiary/aromatic N) is 2. The molecule has 3 aromatic carbocycles. The Morgan fingerprint density at radius 1 is 1.18 bits per heavy atom. The number of non-ortho nitro benzene ring substituents is 1. The molecule has 0 saturated heterocycles. The Labute approximate surface area is 201 Å². The number of carbonyl (C=O) groups is 1. The standard InChI is InChI=1S/C25H20ClN3O5/c1-16-11-20(29(31)32)8-9-22(16)28-25(30)19(14-27)12-17-7-10-23(24(13-17)33-2)34-15-18-5-3-4-6-21(18)26/h3-13H,15H2,1-2H3,(H,28,30)/b19-12+. The third-order valence-corrected chi connectivity index (χ3v) is 5.24. The molecule has 0 atom stereocenters. The maximum atomic E-state index is 12.6. The number of nitrogens with one attached hydrogen (secondary N) is 1. The van der Waals surface area contributed by atoms with E-state index in [4.69, 9.17) is 21.1 Å². The number of nitro groups is 1. The van der Waals surface area contributed by atoms with Gasteiger partial charge >= 0.3 is 0 Å². The van der Waals surface area contributed by atoms with E-state index in [9.17, 15) is 20.2 Å². The van der Waals surface area contributed by atoms with Crippen LogP contribution >= 0.6 is 11.6 Å². The maximum Gasteiger partial charge on any atom is 0.269 e. The maximum absolute atomic E-state index is 12.6. The lowest BCUT2D eigenvalue weighted by Crippen LogP contribution is -2.14. The highest BCUT2D eigenvalue weighted by atomic mass is 35.5. The molecule has 0 unspecified atom stereocenters. The van der Waals surface area contributed by atoms with E-state index in [1.54, 1.807) is 31.2 Å². The quantitative estimate of drug-likeness (QED) is 0.193. The summed E-state index contributed by atoms with van der Waals surface area (Å²) in [5.74, 6) is 0.256. The predicted molar refractivity (Wildman–Crippen MR) is 129 cm³/mol. The van der Waals surface area contributed by atoms with Crippen LogP contribution in [-0.2, 0) is 11.4 Å². The first kappa shape index (κ1) is 24.3. The van der Waals surface area contributed by atoms with Crippen LogP contribution in [0.1, 0.15) is 16.7 Å². The Morgan fingerprint density at radius 2 is 1.94 bits per heavy atom. The van der Waals surface area contributed by atoms with E-state index in [0.29, 0.717) is 33.3 Å². The topological polar surface area (TPSA) is 114 Å². The minimum absolute atomic E-state index is 0.0875. The van der Waals surface area contributed by atoms with E-state index in [-0.39, 0.29) is 17.9 Å². The fraction of sp³-hybridized carbons (Fsp3) is 0.120. The van der Waals surface area contributed by atoms with E-state index >= 15 is 0 Å². The number of nitro benzene ring substituents is 1. The van der Waals surface area contributed by atoms with E-state index in [2.05, 4.69) is 5.32 Å². The van der Waals surface area contributed by atoms with E-state index in [0.717, 1.165) is 5.56 Å². The third kappa shape index (κ3) is 5.91. The highest BCUT2D eigenvalue weighted by Crippen LogP contribution is 2.30. The lowest BCUT2D eigenvalue weighted by molar-refractivity contribution is -0.384. The molecule has 34 heavy (non-hydrogen) atoms. The Balaban J connectivity index is 1.77. The molecule has 1 N–H and O–H groups in total. The van der Waals surface area contributed by atoms with Crippen molar-refractivity contribution in [1.82, 2.24) is 0 Å². The Kier molecular flexibility index (Phi) is 7.85. The van der Waals surface area contributed by atoms with Gasteiger partial charge in [0.1, 0.15) is 18.2 Å². The molecule has 3 aromatic rings. The second kappa shape index (κ2) is 11.0. The normalized spacial score (nSPS) is 10.8. The molecule has 0 aliphatic heterocycles.